The fraction of sp³-hybridized carbons (Fsp3) is 0. The number of hydrogen-bond donors (Lipinski definition) is 3. The Labute approximate surface area is 121 Å². The lowest BCUT2D eigenvalue weighted by Crippen LogP contribution is -2.05. The van der Waals surface area contributed by atoms with E-state index in [-0.39, 0.29) is 5.56 Å². The summed E-state index contributed by atoms with van der Waals surface area (Å²) in [6.07, 6.45) is 0. The van der Waals surface area contributed by atoms with Gasteiger partial charge in [0.25, 0.3) is 20.2 Å². The van der Waals surface area contributed by atoms with Gasteiger partial charge in [0.05, 0.1) is 0 Å². The summed E-state index contributed by atoms with van der Waals surface area (Å²) < 4.78 is 63.1. The van der Waals surface area contributed by atoms with Crippen molar-refractivity contribution in [2.24, 2.45) is 0 Å². The average molecular weight is 330 g/mol. The van der Waals surface area contributed by atoms with Crippen molar-refractivity contribution in [2.75, 3.05) is 0 Å². The minimum Gasteiger partial charge on any atom is -0.505 e. The Morgan fingerprint density at radius 2 is 1.14 bits per heavy atom. The van der Waals surface area contributed by atoms with Crippen molar-refractivity contribution in [1.82, 2.24) is 0 Å². The molecule has 0 heterocycles. The molecule has 21 heavy (non-hydrogen) atoms. The predicted octanol–water partition coefficient (Wildman–Crippen LogP) is 1.55. The first-order valence-corrected chi connectivity index (χ1v) is 8.36. The van der Waals surface area contributed by atoms with Gasteiger partial charge in [-0.2, -0.15) is 16.8 Å². The van der Waals surface area contributed by atoms with Gasteiger partial charge in [0.1, 0.15) is 9.79 Å². The molecule has 2 rings (SSSR count). The second-order valence-electron chi connectivity index (χ2n) is 4.14. The zero-order valence-corrected chi connectivity index (χ0v) is 12.0. The van der Waals surface area contributed by atoms with Gasteiger partial charge in [-0.3, -0.25) is 9.11 Å². The first-order chi connectivity index (χ1) is 9.60. The Morgan fingerprint density at radius 1 is 0.714 bits per heavy atom. The van der Waals surface area contributed by atoms with Gasteiger partial charge in [-0.1, -0.05) is 30.3 Å². The van der Waals surface area contributed by atoms with E-state index < -0.39 is 35.8 Å². The first-order valence-electron chi connectivity index (χ1n) is 5.48. The van der Waals surface area contributed by atoms with E-state index in [2.05, 4.69) is 0 Å². The molecule has 0 saturated heterocycles. The van der Waals surface area contributed by atoms with Gasteiger partial charge in [-0.15, -0.1) is 0 Å². The molecule has 0 saturated carbocycles. The van der Waals surface area contributed by atoms with E-state index in [1.807, 2.05) is 0 Å². The van der Waals surface area contributed by atoms with E-state index in [0.29, 0.717) is 5.56 Å². The lowest BCUT2D eigenvalue weighted by Gasteiger charge is -2.10. The zero-order valence-electron chi connectivity index (χ0n) is 10.3. The van der Waals surface area contributed by atoms with E-state index in [0.717, 1.165) is 12.1 Å². The maximum atomic E-state index is 11.2. The third-order valence-corrected chi connectivity index (χ3v) is 4.44. The Bertz CT molecular complexity index is 831. The van der Waals surface area contributed by atoms with Gasteiger partial charge < -0.3 is 5.11 Å². The Kier molecular flexibility index (Phi) is 3.76. The quantitative estimate of drug-likeness (QED) is 0.728. The van der Waals surface area contributed by atoms with Crippen LogP contribution in [0, 0.1) is 0 Å². The summed E-state index contributed by atoms with van der Waals surface area (Å²) in [5, 5.41) is 9.65. The number of hydrogen-bond acceptors (Lipinski definition) is 5. The largest absolute Gasteiger partial charge is 0.505 e. The highest BCUT2D eigenvalue weighted by Crippen LogP contribution is 2.35. The molecule has 0 amide bonds. The Balaban J connectivity index is 2.88. The molecule has 7 nitrogen and oxygen atoms in total. The summed E-state index contributed by atoms with van der Waals surface area (Å²) in [4.78, 5) is -2.01. The van der Waals surface area contributed by atoms with Crippen molar-refractivity contribution in [2.45, 2.75) is 9.79 Å². The summed E-state index contributed by atoms with van der Waals surface area (Å²) in [6, 6.07) is 9.90. The van der Waals surface area contributed by atoms with Gasteiger partial charge in [-0.05, 0) is 23.3 Å². The fourth-order valence-corrected chi connectivity index (χ4v) is 3.10. The molecule has 3 N–H and O–H groups in total. The lowest BCUT2D eigenvalue weighted by molar-refractivity contribution is 0.423. The van der Waals surface area contributed by atoms with Crippen LogP contribution in [0.4, 0.5) is 0 Å². The minimum atomic E-state index is -4.87. The molecule has 0 unspecified atom stereocenters. The normalized spacial score (nSPS) is 12.3. The van der Waals surface area contributed by atoms with Crippen molar-refractivity contribution in [3.63, 3.8) is 0 Å². The second kappa shape index (κ2) is 5.11. The third-order valence-electron chi connectivity index (χ3n) is 2.70. The third kappa shape index (κ3) is 3.22. The molecule has 9 heteroatoms. The first kappa shape index (κ1) is 15.4. The van der Waals surface area contributed by atoms with Crippen LogP contribution in [0.25, 0.3) is 11.1 Å². The van der Waals surface area contributed by atoms with Gasteiger partial charge in [0, 0.05) is 0 Å². The topological polar surface area (TPSA) is 129 Å². The van der Waals surface area contributed by atoms with E-state index in [9.17, 15) is 21.9 Å². The van der Waals surface area contributed by atoms with Crippen molar-refractivity contribution in [3.05, 3.63) is 42.5 Å². The highest BCUT2D eigenvalue weighted by Gasteiger charge is 2.26. The average Bonchev–Trinajstić information content (AvgIpc) is 2.37. The van der Waals surface area contributed by atoms with Crippen LogP contribution in [0.3, 0.4) is 0 Å². The van der Waals surface area contributed by atoms with Crippen LogP contribution in [0.1, 0.15) is 0 Å². The lowest BCUT2D eigenvalue weighted by atomic mass is 10.1. The molecular formula is C12H10O7S2. The fourth-order valence-electron chi connectivity index (χ4n) is 1.77. The molecule has 0 aliphatic rings. The standard InChI is InChI=1S/C12H10O7S2/c13-12-10(20(14,15)16)6-9(7-11(12)21(17,18)19)8-4-2-1-3-5-8/h1-7,13H,(H,14,15,16)(H,17,18,19). The van der Waals surface area contributed by atoms with Crippen LogP contribution in [0.5, 0.6) is 5.75 Å². The van der Waals surface area contributed by atoms with Crippen LogP contribution < -0.4 is 0 Å². The van der Waals surface area contributed by atoms with E-state index >= 15 is 0 Å². The molecule has 0 fully saturated rings. The molecule has 0 aliphatic heterocycles. The molecule has 0 spiro atoms. The summed E-state index contributed by atoms with van der Waals surface area (Å²) in [5.41, 5.74) is 0.529. The summed E-state index contributed by atoms with van der Waals surface area (Å²) in [5.74, 6) is -1.24. The summed E-state index contributed by atoms with van der Waals surface area (Å²) in [6.45, 7) is 0. The number of aromatic hydroxyl groups is 1. The number of benzene rings is 2. The van der Waals surface area contributed by atoms with Crippen molar-refractivity contribution in [1.29, 1.82) is 0 Å². The minimum absolute atomic E-state index is 0.0913. The number of rotatable bonds is 3. The molecule has 2 aromatic rings. The number of phenolic OH excluding ortho intramolecular Hbond substituents is 1. The van der Waals surface area contributed by atoms with Gasteiger partial charge in [0.15, 0.2) is 5.75 Å². The molecule has 0 aromatic heterocycles. The highest BCUT2D eigenvalue weighted by molar-refractivity contribution is 7.86. The maximum Gasteiger partial charge on any atom is 0.298 e. The molecule has 0 atom stereocenters. The summed E-state index contributed by atoms with van der Waals surface area (Å²) in [7, 11) is -9.74. The van der Waals surface area contributed by atoms with E-state index in [1.54, 1.807) is 30.3 Å². The van der Waals surface area contributed by atoms with E-state index in [4.69, 9.17) is 9.11 Å². The Morgan fingerprint density at radius 3 is 1.52 bits per heavy atom. The van der Waals surface area contributed by atoms with Crippen molar-refractivity contribution < 1.29 is 31.0 Å². The van der Waals surface area contributed by atoms with Crippen molar-refractivity contribution >= 4 is 20.2 Å². The molecule has 0 radical (unpaired) electrons. The monoisotopic (exact) mass is 330 g/mol. The van der Waals surface area contributed by atoms with Crippen LogP contribution >= 0.6 is 0 Å². The van der Waals surface area contributed by atoms with Gasteiger partial charge >= 0.3 is 0 Å². The summed E-state index contributed by atoms with van der Waals surface area (Å²) >= 11 is 0. The maximum absolute atomic E-state index is 11.2. The van der Waals surface area contributed by atoms with Gasteiger partial charge in [-0.25, -0.2) is 0 Å². The molecular weight excluding hydrogens is 320 g/mol. The smallest absolute Gasteiger partial charge is 0.298 e. The highest BCUT2D eigenvalue weighted by atomic mass is 32.2. The second-order valence-corrected chi connectivity index (χ2v) is 6.92. The number of phenols is 1. The van der Waals surface area contributed by atoms with E-state index in [1.165, 1.54) is 0 Å². The molecule has 2 aromatic carbocycles. The molecule has 112 valence electrons. The molecule has 0 aliphatic carbocycles. The van der Waals surface area contributed by atoms with Crippen LogP contribution in [-0.2, 0) is 20.2 Å². The van der Waals surface area contributed by atoms with Crippen LogP contribution in [0.15, 0.2) is 52.3 Å². The van der Waals surface area contributed by atoms with Gasteiger partial charge in [0.2, 0.25) is 0 Å². The van der Waals surface area contributed by atoms with Crippen LogP contribution in [0.2, 0.25) is 0 Å². The molecule has 0 bridgehead atoms. The van der Waals surface area contributed by atoms with Crippen molar-refractivity contribution in [3.8, 4) is 16.9 Å². The zero-order chi connectivity index (χ0) is 15.8. The predicted molar refractivity (Wildman–Crippen MR) is 73.2 cm³/mol. The Hall–Kier alpha value is -1.94. The van der Waals surface area contributed by atoms with Crippen LogP contribution in [-0.4, -0.2) is 31.0 Å². The SMILES string of the molecule is O=S(=O)(O)c1cc(-c2ccccc2)cc(S(=O)(=O)O)c1O.